The van der Waals surface area contributed by atoms with E-state index in [1.807, 2.05) is 188 Å². The van der Waals surface area contributed by atoms with Gasteiger partial charge in [0.05, 0.1) is 59.8 Å². The van der Waals surface area contributed by atoms with E-state index in [1.54, 1.807) is 29.2 Å². The maximum atomic E-state index is 15.4. The fourth-order valence-corrected chi connectivity index (χ4v) is 14.0. The van der Waals surface area contributed by atoms with E-state index < -0.39 is 153 Å². The lowest BCUT2D eigenvalue weighted by Gasteiger charge is -2.52. The van der Waals surface area contributed by atoms with Gasteiger partial charge in [0.2, 0.25) is 5.91 Å². The Balaban J connectivity index is 0.987. The van der Waals surface area contributed by atoms with Crippen LogP contribution >= 0.6 is 0 Å². The Morgan fingerprint density at radius 1 is 0.513 bits per heavy atom. The van der Waals surface area contributed by atoms with Crippen LogP contribution in [0.3, 0.4) is 0 Å². The van der Waals surface area contributed by atoms with Gasteiger partial charge in [0.15, 0.2) is 24.8 Å². The third kappa shape index (κ3) is 23.9. The van der Waals surface area contributed by atoms with E-state index in [2.05, 4.69) is 0 Å². The highest BCUT2D eigenvalue weighted by molar-refractivity contribution is 5.93. The van der Waals surface area contributed by atoms with Crippen molar-refractivity contribution >= 4 is 42.0 Å². The summed E-state index contributed by atoms with van der Waals surface area (Å²) in [5, 5.41) is 13.4. The van der Waals surface area contributed by atoms with Gasteiger partial charge < -0.3 is 90.5 Å². The highest BCUT2D eigenvalue weighted by atomic mass is 16.8. The van der Waals surface area contributed by atoms with E-state index in [-0.39, 0.29) is 59.5 Å². The second-order valence-electron chi connectivity index (χ2n) is 27.8. The van der Waals surface area contributed by atoms with Crippen molar-refractivity contribution in [2.75, 3.05) is 40.1 Å². The number of nitrogens with zero attached hydrogens (tertiary/aromatic N) is 2. The summed E-state index contributed by atoms with van der Waals surface area (Å²) in [4.78, 5) is 98.3. The third-order valence-corrected chi connectivity index (χ3v) is 19.4. The molecule has 7 aromatic rings. The summed E-state index contributed by atoms with van der Waals surface area (Å²) >= 11 is 0. The first kappa shape index (κ1) is 84.1. The molecule has 1 N–H and O–H groups in total. The Labute approximate surface area is 656 Å². The molecule has 0 saturated carbocycles. The monoisotopic (exact) mass is 1560 g/mol. The molecule has 0 aliphatic carbocycles. The normalized spacial score (nSPS) is 24.5. The molecule has 0 bridgehead atoms. The molecule has 16 atom stereocenters. The van der Waals surface area contributed by atoms with Crippen LogP contribution in [-0.2, 0) is 151 Å². The molecular formula is C86H98N2O25. The van der Waals surface area contributed by atoms with E-state index in [0.717, 1.165) is 68.2 Å². The first-order valence-electron chi connectivity index (χ1n) is 37.8. The molecule has 0 aromatic heterocycles. The third-order valence-electron chi connectivity index (χ3n) is 19.4. The lowest BCUT2D eigenvalue weighted by Crippen LogP contribution is -2.70. The van der Waals surface area contributed by atoms with Gasteiger partial charge in [0, 0.05) is 47.4 Å². The van der Waals surface area contributed by atoms with E-state index in [9.17, 15) is 33.9 Å². The summed E-state index contributed by atoms with van der Waals surface area (Å²) in [6, 6.07) is 64.2. The van der Waals surface area contributed by atoms with E-state index in [4.69, 9.17) is 80.5 Å². The van der Waals surface area contributed by atoms with Crippen LogP contribution in [0.5, 0.6) is 0 Å². The van der Waals surface area contributed by atoms with Crippen molar-refractivity contribution in [3.05, 3.63) is 251 Å². The first-order chi connectivity index (χ1) is 54.9. The molecule has 0 unspecified atom stereocenters. The maximum absolute atomic E-state index is 15.4. The van der Waals surface area contributed by atoms with Gasteiger partial charge in [0.1, 0.15) is 80.3 Å². The summed E-state index contributed by atoms with van der Waals surface area (Å²) in [5.41, 5.74) is 5.57. The number of amides is 3. The lowest BCUT2D eigenvalue weighted by atomic mass is 9.87. The number of rotatable bonds is 39. The van der Waals surface area contributed by atoms with Crippen molar-refractivity contribution in [3.63, 3.8) is 0 Å². The molecule has 4 saturated heterocycles. The predicted molar refractivity (Wildman–Crippen MR) is 402 cm³/mol. The summed E-state index contributed by atoms with van der Waals surface area (Å²) in [6.45, 7) is 3.68. The number of esters is 4. The average Bonchev–Trinajstić information content (AvgIpc) is 1.67. The molecule has 0 radical (unpaired) electrons. The number of carbonyl (C=O) groups is 7. The fourth-order valence-electron chi connectivity index (χ4n) is 14.0. The molecule has 113 heavy (non-hydrogen) atoms. The Morgan fingerprint density at radius 3 is 1.48 bits per heavy atom. The van der Waals surface area contributed by atoms with E-state index in [0.29, 0.717) is 42.8 Å². The molecule has 4 aliphatic rings. The zero-order valence-electron chi connectivity index (χ0n) is 63.8. The van der Waals surface area contributed by atoms with Crippen molar-refractivity contribution in [3.8, 4) is 0 Å². The summed E-state index contributed by atoms with van der Waals surface area (Å²) in [6.07, 6.45) is -22.7. The number of benzene rings is 7. The van der Waals surface area contributed by atoms with Gasteiger partial charge in [-0.2, -0.15) is 0 Å². The zero-order valence-corrected chi connectivity index (χ0v) is 63.8. The second kappa shape index (κ2) is 42.3. The number of aliphatic hydroxyl groups is 1. The van der Waals surface area contributed by atoms with Gasteiger partial charge in [-0.1, -0.05) is 212 Å². The fraction of sp³-hybridized carbons (Fsp3) is 0.430. The molecule has 7 aromatic carbocycles. The second-order valence-corrected chi connectivity index (χ2v) is 27.8. The van der Waals surface area contributed by atoms with Crippen molar-refractivity contribution < 1.29 is 119 Å². The Bertz CT molecular complexity index is 4100. The number of fused-ring (bicyclic) bond motifs is 1. The van der Waals surface area contributed by atoms with Crippen LogP contribution in [0.15, 0.2) is 212 Å². The quantitative estimate of drug-likeness (QED) is 0.0213. The number of carbonyl (C=O) groups excluding carboxylic acids is 7. The van der Waals surface area contributed by atoms with Crippen LogP contribution in [0.4, 0.5) is 9.59 Å². The van der Waals surface area contributed by atoms with Gasteiger partial charge in [-0.25, -0.2) is 19.3 Å². The van der Waals surface area contributed by atoms with Crippen molar-refractivity contribution in [2.24, 2.45) is 0 Å². The van der Waals surface area contributed by atoms with E-state index in [1.165, 1.54) is 0 Å². The zero-order chi connectivity index (χ0) is 79.5. The van der Waals surface area contributed by atoms with Crippen LogP contribution in [0.2, 0.25) is 0 Å². The minimum absolute atomic E-state index is 0.00972. The molecule has 27 heteroatoms. The lowest BCUT2D eigenvalue weighted by molar-refractivity contribution is -0.394. The van der Waals surface area contributed by atoms with Gasteiger partial charge in [0.25, 0.3) is 5.79 Å². The van der Waals surface area contributed by atoms with Gasteiger partial charge >= 0.3 is 36.1 Å². The molecule has 4 aliphatic heterocycles. The number of hydrogen-bond acceptors (Lipinski definition) is 25. The van der Waals surface area contributed by atoms with Crippen molar-refractivity contribution in [1.29, 1.82) is 0 Å². The highest BCUT2D eigenvalue weighted by Crippen LogP contribution is 2.45. The average molecular weight is 1560 g/mol. The SMILES string of the molecule is COC(=O)[C@@]1(O[C@H]2[C@@H](O)[C@@H](COCc3ccccc3)O[C@@H](O[C@H]3[C@H](OCc4ccccc4)[C@@H](OCc4ccccc4)[C@H](OCCCCCN(Cc4ccccc4)C(=O)OCc4ccccc4)O[C@@H]3COCc3ccccc3)[C@@H]2OCc2ccccc2)C[C@@H]2OC(=O)N(C(C)=O)[C@H]2[C@H]([C@H](OC(C)=O)[C@@H](COC(C)=O)OC(C)=O)O1. The van der Waals surface area contributed by atoms with Crippen LogP contribution in [-0.4, -0.2) is 195 Å². The smallest absolute Gasteiger partial charge is 0.417 e. The number of unbranched alkanes of at least 4 members (excludes halogenated alkanes) is 2. The molecular weight excluding hydrogens is 1460 g/mol. The van der Waals surface area contributed by atoms with Crippen LogP contribution in [0.25, 0.3) is 0 Å². The molecule has 0 spiro atoms. The first-order valence-corrected chi connectivity index (χ1v) is 37.8. The molecule has 4 fully saturated rings. The number of hydrogen-bond donors (Lipinski definition) is 1. The van der Waals surface area contributed by atoms with Crippen LogP contribution in [0, 0.1) is 0 Å². The number of methoxy groups -OCH3 is 1. The van der Waals surface area contributed by atoms with Crippen LogP contribution in [0.1, 0.15) is 92.3 Å². The molecule has 4 heterocycles. The summed E-state index contributed by atoms with van der Waals surface area (Å²) < 4.78 is 111. The molecule has 602 valence electrons. The number of aliphatic hydroxyl groups excluding tert-OH is 1. The highest BCUT2D eigenvalue weighted by Gasteiger charge is 2.67. The molecule has 11 rings (SSSR count). The number of imide groups is 1. The maximum Gasteiger partial charge on any atom is 0.417 e. The topological polar surface area (TPSA) is 303 Å². The number of ether oxygens (including phenoxy) is 17. The van der Waals surface area contributed by atoms with E-state index >= 15 is 4.79 Å². The largest absolute Gasteiger partial charge is 0.465 e. The van der Waals surface area contributed by atoms with Gasteiger partial charge in [-0.3, -0.25) is 19.2 Å². The molecule has 27 nitrogen and oxygen atoms in total. The van der Waals surface area contributed by atoms with Crippen LogP contribution < -0.4 is 0 Å². The summed E-state index contributed by atoms with van der Waals surface area (Å²) in [5.74, 6) is -7.89. The standard InChI is InChI=1S/C86H98N2O25/c1-57(89)88-72-68(110-85(88)96)46-86(83(94)97-5,112-76(72)74(107-60(4)92)71(106-59(3)91)56-101-58(2)90)113-77-73(93)69(54-98-48-62-32-16-7-17-33-62)108-82(79(77)103-51-65-38-22-10-23-39-65)111-75-70(55-99-49-63-34-18-8-19-35-63)109-81(80(104-52-66-40-24-11-25-41-66)78(75)102-50-64-36-20-9-21-37-64)100-45-29-13-28-44-87(47-61-30-14-6-15-31-61)84(95)105-53-67-42-26-12-27-43-67/h6-12,14-27,30-43,68-82,93H,13,28-29,44-56H2,1-5H3/t68-,69+,70+,71+,72+,73-,74+,75+,76+,77-,78-,79+,80+,81+,82-,86-/m0/s1. The van der Waals surface area contributed by atoms with Gasteiger partial charge in [-0.05, 0) is 58.2 Å². The van der Waals surface area contributed by atoms with Crippen molar-refractivity contribution in [1.82, 2.24) is 9.80 Å². The molecule has 3 amide bonds. The Morgan fingerprint density at radius 2 is 0.982 bits per heavy atom. The Kier molecular flexibility index (Phi) is 31.5. The minimum Gasteiger partial charge on any atom is -0.465 e. The van der Waals surface area contributed by atoms with Crippen molar-refractivity contribution in [2.45, 2.75) is 197 Å². The predicted octanol–water partition coefficient (Wildman–Crippen LogP) is 10.6. The minimum atomic E-state index is -2.90. The van der Waals surface area contributed by atoms with Gasteiger partial charge in [-0.15, -0.1) is 0 Å². The summed E-state index contributed by atoms with van der Waals surface area (Å²) in [7, 11) is 1.02. The Hall–Kier alpha value is -9.85.